The number of halogens is 1. The number of benzene rings is 1. The fourth-order valence-corrected chi connectivity index (χ4v) is 1.54. The van der Waals surface area contributed by atoms with E-state index in [1.165, 1.54) is 6.07 Å². The Kier molecular flexibility index (Phi) is 2.70. The van der Waals surface area contributed by atoms with Crippen LogP contribution in [0.2, 0.25) is 0 Å². The van der Waals surface area contributed by atoms with Gasteiger partial charge in [0.15, 0.2) is 11.6 Å². The molecule has 2 aromatic rings. The van der Waals surface area contributed by atoms with Crippen molar-refractivity contribution < 1.29 is 9.50 Å². The van der Waals surface area contributed by atoms with E-state index in [9.17, 15) is 4.39 Å². The summed E-state index contributed by atoms with van der Waals surface area (Å²) < 4.78 is 15.3. The SMILES string of the molecule is Cc1ccc(-c2nnc(CO)n2C)c(F)c1. The first-order valence-electron chi connectivity index (χ1n) is 4.89. The van der Waals surface area contributed by atoms with Crippen molar-refractivity contribution in [3.8, 4) is 11.4 Å². The lowest BCUT2D eigenvalue weighted by Gasteiger charge is -2.04. The average Bonchev–Trinajstić information content (AvgIpc) is 2.60. The molecule has 0 aliphatic heterocycles. The van der Waals surface area contributed by atoms with E-state index < -0.39 is 0 Å². The normalized spacial score (nSPS) is 10.8. The van der Waals surface area contributed by atoms with Gasteiger partial charge in [-0.15, -0.1) is 10.2 Å². The average molecular weight is 221 g/mol. The van der Waals surface area contributed by atoms with Crippen LogP contribution in [0.15, 0.2) is 18.2 Å². The molecule has 5 heteroatoms. The molecule has 1 aromatic carbocycles. The molecule has 2 rings (SSSR count). The minimum absolute atomic E-state index is 0.211. The number of nitrogens with zero attached hydrogens (tertiary/aromatic N) is 3. The molecule has 1 aromatic heterocycles. The lowest BCUT2D eigenvalue weighted by Crippen LogP contribution is -2.00. The summed E-state index contributed by atoms with van der Waals surface area (Å²) in [6.07, 6.45) is 0. The molecular formula is C11H12FN3O. The highest BCUT2D eigenvalue weighted by Gasteiger charge is 2.13. The van der Waals surface area contributed by atoms with E-state index in [0.29, 0.717) is 17.2 Å². The number of rotatable bonds is 2. The van der Waals surface area contributed by atoms with Gasteiger partial charge in [-0.25, -0.2) is 4.39 Å². The summed E-state index contributed by atoms with van der Waals surface area (Å²) in [7, 11) is 1.69. The van der Waals surface area contributed by atoms with Crippen LogP contribution in [0.4, 0.5) is 4.39 Å². The molecule has 0 atom stereocenters. The maximum absolute atomic E-state index is 13.7. The quantitative estimate of drug-likeness (QED) is 0.834. The molecule has 0 unspecified atom stereocenters. The molecule has 1 N–H and O–H groups in total. The van der Waals surface area contributed by atoms with Crippen LogP contribution in [0.3, 0.4) is 0 Å². The van der Waals surface area contributed by atoms with Gasteiger partial charge in [-0.3, -0.25) is 0 Å². The molecule has 4 nitrogen and oxygen atoms in total. The van der Waals surface area contributed by atoms with Crippen molar-refractivity contribution in [2.45, 2.75) is 13.5 Å². The van der Waals surface area contributed by atoms with Crippen LogP contribution in [0, 0.1) is 12.7 Å². The third-order valence-corrected chi connectivity index (χ3v) is 2.47. The molecule has 84 valence electrons. The molecule has 0 spiro atoms. The number of aliphatic hydroxyl groups excluding tert-OH is 1. The molecule has 0 aliphatic carbocycles. The second-order valence-electron chi connectivity index (χ2n) is 3.64. The van der Waals surface area contributed by atoms with Gasteiger partial charge in [0.25, 0.3) is 0 Å². The van der Waals surface area contributed by atoms with Gasteiger partial charge in [-0.1, -0.05) is 6.07 Å². The molecule has 16 heavy (non-hydrogen) atoms. The third kappa shape index (κ3) is 1.69. The highest BCUT2D eigenvalue weighted by Crippen LogP contribution is 2.21. The molecule has 1 heterocycles. The number of aryl methyl sites for hydroxylation is 1. The lowest BCUT2D eigenvalue weighted by atomic mass is 10.1. The van der Waals surface area contributed by atoms with E-state index in [2.05, 4.69) is 10.2 Å². The smallest absolute Gasteiger partial charge is 0.166 e. The molecule has 0 amide bonds. The Hall–Kier alpha value is -1.75. The van der Waals surface area contributed by atoms with Crippen LogP contribution in [-0.4, -0.2) is 19.9 Å². The van der Waals surface area contributed by atoms with Gasteiger partial charge in [0.05, 0.1) is 5.56 Å². The van der Waals surface area contributed by atoms with Crippen LogP contribution in [-0.2, 0) is 13.7 Å². The lowest BCUT2D eigenvalue weighted by molar-refractivity contribution is 0.267. The fourth-order valence-electron chi connectivity index (χ4n) is 1.54. The largest absolute Gasteiger partial charge is 0.388 e. The van der Waals surface area contributed by atoms with Crippen molar-refractivity contribution in [1.82, 2.24) is 14.8 Å². The van der Waals surface area contributed by atoms with E-state index >= 15 is 0 Å². The van der Waals surface area contributed by atoms with Gasteiger partial charge in [0.2, 0.25) is 0 Å². The molecule has 0 fully saturated rings. The highest BCUT2D eigenvalue weighted by atomic mass is 19.1. The van der Waals surface area contributed by atoms with Crippen LogP contribution < -0.4 is 0 Å². The van der Waals surface area contributed by atoms with E-state index in [-0.39, 0.29) is 12.4 Å². The first-order chi connectivity index (χ1) is 7.63. The van der Waals surface area contributed by atoms with Crippen LogP contribution in [0.5, 0.6) is 0 Å². The van der Waals surface area contributed by atoms with Gasteiger partial charge in [0, 0.05) is 7.05 Å². The Morgan fingerprint density at radius 1 is 1.38 bits per heavy atom. The van der Waals surface area contributed by atoms with Crippen molar-refractivity contribution in [2.24, 2.45) is 7.05 Å². The summed E-state index contributed by atoms with van der Waals surface area (Å²) in [5, 5.41) is 16.6. The number of aromatic nitrogens is 3. The minimum Gasteiger partial charge on any atom is -0.388 e. The van der Waals surface area contributed by atoms with Crippen molar-refractivity contribution in [3.05, 3.63) is 35.4 Å². The Morgan fingerprint density at radius 3 is 2.69 bits per heavy atom. The molecule has 0 aliphatic rings. The van der Waals surface area contributed by atoms with Gasteiger partial charge in [0.1, 0.15) is 12.4 Å². The zero-order chi connectivity index (χ0) is 11.7. The fraction of sp³-hybridized carbons (Fsp3) is 0.273. The maximum Gasteiger partial charge on any atom is 0.166 e. The predicted octanol–water partition coefficient (Wildman–Crippen LogP) is 1.42. The first-order valence-corrected chi connectivity index (χ1v) is 4.89. The van der Waals surface area contributed by atoms with Gasteiger partial charge in [-0.05, 0) is 24.6 Å². The molecule has 0 bridgehead atoms. The molecule has 0 radical (unpaired) electrons. The summed E-state index contributed by atoms with van der Waals surface area (Å²) in [5.41, 5.74) is 1.24. The monoisotopic (exact) mass is 221 g/mol. The van der Waals surface area contributed by atoms with E-state index in [1.54, 1.807) is 17.7 Å². The Bertz CT molecular complexity index is 522. The second kappa shape index (κ2) is 4.02. The zero-order valence-electron chi connectivity index (χ0n) is 9.11. The standard InChI is InChI=1S/C11H12FN3O/c1-7-3-4-8(9(12)5-7)11-14-13-10(6-16)15(11)2/h3-5,16H,6H2,1-2H3. The summed E-state index contributed by atoms with van der Waals surface area (Å²) in [5.74, 6) is 0.497. The Balaban J connectivity index is 2.54. The van der Waals surface area contributed by atoms with Gasteiger partial charge >= 0.3 is 0 Å². The van der Waals surface area contributed by atoms with Crippen molar-refractivity contribution in [1.29, 1.82) is 0 Å². The molecular weight excluding hydrogens is 209 g/mol. The van der Waals surface area contributed by atoms with Gasteiger partial charge in [-0.2, -0.15) is 0 Å². The number of hydrogen-bond donors (Lipinski definition) is 1. The summed E-state index contributed by atoms with van der Waals surface area (Å²) in [6.45, 7) is 1.61. The summed E-state index contributed by atoms with van der Waals surface area (Å²) in [6, 6.07) is 4.92. The third-order valence-electron chi connectivity index (χ3n) is 2.47. The highest BCUT2D eigenvalue weighted by molar-refractivity contribution is 5.56. The maximum atomic E-state index is 13.7. The first kappa shape index (κ1) is 10.8. The van der Waals surface area contributed by atoms with E-state index in [1.807, 2.05) is 13.0 Å². The van der Waals surface area contributed by atoms with Crippen molar-refractivity contribution in [2.75, 3.05) is 0 Å². The molecule has 0 saturated heterocycles. The van der Waals surface area contributed by atoms with E-state index in [4.69, 9.17) is 5.11 Å². The zero-order valence-corrected chi connectivity index (χ0v) is 9.11. The summed E-state index contributed by atoms with van der Waals surface area (Å²) >= 11 is 0. The van der Waals surface area contributed by atoms with Crippen LogP contribution >= 0.6 is 0 Å². The second-order valence-corrected chi connectivity index (χ2v) is 3.64. The van der Waals surface area contributed by atoms with Crippen LogP contribution in [0.1, 0.15) is 11.4 Å². The minimum atomic E-state index is -0.333. The number of aliphatic hydroxyl groups is 1. The Labute approximate surface area is 92.4 Å². The Morgan fingerprint density at radius 2 is 2.12 bits per heavy atom. The predicted molar refractivity (Wildman–Crippen MR) is 57.1 cm³/mol. The van der Waals surface area contributed by atoms with Crippen molar-refractivity contribution in [3.63, 3.8) is 0 Å². The van der Waals surface area contributed by atoms with E-state index in [0.717, 1.165) is 5.56 Å². The van der Waals surface area contributed by atoms with Crippen molar-refractivity contribution >= 4 is 0 Å². The van der Waals surface area contributed by atoms with Crippen LogP contribution in [0.25, 0.3) is 11.4 Å². The van der Waals surface area contributed by atoms with Gasteiger partial charge < -0.3 is 9.67 Å². The molecule has 0 saturated carbocycles. The summed E-state index contributed by atoms with van der Waals surface area (Å²) in [4.78, 5) is 0. The number of hydrogen-bond acceptors (Lipinski definition) is 3. The topological polar surface area (TPSA) is 50.9 Å².